The molecule has 2 heterocycles. The zero-order valence-corrected chi connectivity index (χ0v) is 17.4. The van der Waals surface area contributed by atoms with Crippen molar-refractivity contribution in [1.29, 1.82) is 0 Å². The lowest BCUT2D eigenvalue weighted by atomic mass is 10.0. The van der Waals surface area contributed by atoms with E-state index in [1.807, 2.05) is 0 Å². The lowest BCUT2D eigenvalue weighted by Crippen LogP contribution is -2.28. The van der Waals surface area contributed by atoms with Gasteiger partial charge in [-0.15, -0.1) is 9.78 Å². The monoisotopic (exact) mass is 510 g/mol. The summed E-state index contributed by atoms with van der Waals surface area (Å²) in [5, 5.41) is 6.12. The predicted molar refractivity (Wildman–Crippen MR) is 101 cm³/mol. The molecule has 0 saturated heterocycles. The summed E-state index contributed by atoms with van der Waals surface area (Å²) in [5.74, 6) is -1.70. The predicted octanol–water partition coefficient (Wildman–Crippen LogP) is 4.23. The fraction of sp³-hybridized carbons (Fsp3) is 0.316. The fourth-order valence-electron chi connectivity index (χ4n) is 2.69. The number of alkyl halides is 8. The second-order valence-corrected chi connectivity index (χ2v) is 6.90. The first-order valence-corrected chi connectivity index (χ1v) is 9.51. The van der Waals surface area contributed by atoms with Gasteiger partial charge in [-0.1, -0.05) is 0 Å². The molecule has 3 rings (SSSR count). The Balaban J connectivity index is 1.91. The zero-order valence-electron chi connectivity index (χ0n) is 17.4. The Bertz CT molecular complexity index is 1150. The van der Waals surface area contributed by atoms with Gasteiger partial charge in [-0.3, -0.25) is 4.79 Å². The maximum absolute atomic E-state index is 13.1. The summed E-state index contributed by atoms with van der Waals surface area (Å²) in [5.41, 5.74) is -4.26. The lowest BCUT2D eigenvalue weighted by molar-refractivity contribution is -0.143. The van der Waals surface area contributed by atoms with E-state index in [0.717, 1.165) is 4.68 Å². The molecule has 8 nitrogen and oxygen atoms in total. The number of rotatable bonds is 7. The smallest absolute Gasteiger partial charge is 0.416 e. The molecule has 1 aromatic carbocycles. The van der Waals surface area contributed by atoms with Crippen molar-refractivity contribution in [3.8, 4) is 12.0 Å². The molecular weight excluding hydrogens is 496 g/mol. The van der Waals surface area contributed by atoms with E-state index in [4.69, 9.17) is 4.74 Å². The average molecular weight is 510 g/mol. The molecule has 1 unspecified atom stereocenters. The number of aromatic nitrogens is 5. The van der Waals surface area contributed by atoms with Crippen molar-refractivity contribution in [3.63, 3.8) is 0 Å². The molecule has 35 heavy (non-hydrogen) atoms. The Morgan fingerprint density at radius 3 is 2.11 bits per heavy atom. The van der Waals surface area contributed by atoms with Crippen LogP contribution in [-0.4, -0.2) is 43.7 Å². The Kier molecular flexibility index (Phi) is 7.21. The van der Waals surface area contributed by atoms with Crippen molar-refractivity contribution in [1.82, 2.24) is 30.0 Å². The molecule has 0 aliphatic carbocycles. The van der Waals surface area contributed by atoms with E-state index in [0.29, 0.717) is 0 Å². The summed E-state index contributed by atoms with van der Waals surface area (Å²) in [4.78, 5) is 24.1. The largest absolute Gasteiger partial charge is 0.457 e. The van der Waals surface area contributed by atoms with Gasteiger partial charge in [0.05, 0.1) is 17.2 Å². The number of nitrogens with zero attached hydrogens (tertiary/aromatic N) is 5. The van der Waals surface area contributed by atoms with Crippen LogP contribution in [0.1, 0.15) is 40.3 Å². The molecule has 0 aliphatic rings. The summed E-state index contributed by atoms with van der Waals surface area (Å²) in [7, 11) is 0. The van der Waals surface area contributed by atoms with Gasteiger partial charge in [0.2, 0.25) is 0 Å². The molecule has 3 aromatic rings. The highest BCUT2D eigenvalue weighted by molar-refractivity contribution is 5.94. The minimum absolute atomic E-state index is 0.115. The maximum atomic E-state index is 13.1. The van der Waals surface area contributed by atoms with E-state index in [9.17, 15) is 39.9 Å². The normalized spacial score (nSPS) is 13.1. The summed E-state index contributed by atoms with van der Waals surface area (Å²) < 4.78 is 109. The highest BCUT2D eigenvalue weighted by atomic mass is 19.4. The summed E-state index contributed by atoms with van der Waals surface area (Å²) in [6, 6.07) is 0.178. The van der Waals surface area contributed by atoms with Crippen molar-refractivity contribution < 1.29 is 44.7 Å². The van der Waals surface area contributed by atoms with E-state index in [-0.39, 0.29) is 30.0 Å². The first-order valence-electron chi connectivity index (χ1n) is 9.51. The molecule has 0 spiro atoms. The Morgan fingerprint density at radius 1 is 1.03 bits per heavy atom. The van der Waals surface area contributed by atoms with Gasteiger partial charge in [-0.2, -0.15) is 31.3 Å². The number of halogens is 8. The molecule has 0 bridgehead atoms. The minimum atomic E-state index is -5.14. The number of hydrogen-bond donors (Lipinski definition) is 1. The second kappa shape index (κ2) is 9.79. The third-order valence-electron chi connectivity index (χ3n) is 4.26. The topological polar surface area (TPSA) is 94.8 Å². The molecule has 0 radical (unpaired) electrons. The molecule has 188 valence electrons. The number of amides is 1. The fourth-order valence-corrected chi connectivity index (χ4v) is 2.69. The van der Waals surface area contributed by atoms with Crippen LogP contribution in [0.4, 0.5) is 35.1 Å². The van der Waals surface area contributed by atoms with Gasteiger partial charge in [0.25, 0.3) is 18.3 Å². The maximum Gasteiger partial charge on any atom is 0.416 e. The summed E-state index contributed by atoms with van der Waals surface area (Å²) in [6.07, 6.45) is -10.6. The number of carbonyl (C=O) groups excluding carboxylic acids is 1. The van der Waals surface area contributed by atoms with Crippen LogP contribution < -0.4 is 10.1 Å². The molecule has 1 N–H and O–H groups in total. The van der Waals surface area contributed by atoms with Gasteiger partial charge in [-0.05, 0) is 31.2 Å². The van der Waals surface area contributed by atoms with Gasteiger partial charge in [0.1, 0.15) is 0 Å². The zero-order chi connectivity index (χ0) is 26.0. The summed E-state index contributed by atoms with van der Waals surface area (Å²) >= 11 is 0. The Hall–Kier alpha value is -3.85. The number of carbonyl (C=O) groups is 1. The molecule has 0 saturated carbocycles. The van der Waals surface area contributed by atoms with Crippen LogP contribution >= 0.6 is 0 Å². The standard InChI is InChI=1S/C19H14F8N6O2/c1-9(14-31-17(35-8-13(20)21)33(32-14)16-28-3-2-4-29-16)30-15(34)10-5-11(18(22,23)24)7-12(6-10)19(25,26)27/h2-7,9,13H,8H2,1H3,(H,30,34). The SMILES string of the molecule is CC(NC(=O)c1cc(C(F)(F)F)cc(C(F)(F)F)c1)c1nc(OCC(F)F)n(-c2ncccn2)n1. The van der Waals surface area contributed by atoms with Crippen LogP contribution in [0.2, 0.25) is 0 Å². The highest BCUT2D eigenvalue weighted by Gasteiger charge is 2.37. The van der Waals surface area contributed by atoms with Gasteiger partial charge in [-0.25, -0.2) is 18.7 Å². The van der Waals surface area contributed by atoms with Crippen LogP contribution in [-0.2, 0) is 12.4 Å². The first kappa shape index (κ1) is 25.8. The van der Waals surface area contributed by atoms with Crippen molar-refractivity contribution in [3.05, 3.63) is 59.2 Å². The first-order chi connectivity index (χ1) is 16.3. The molecule has 1 atom stereocenters. The van der Waals surface area contributed by atoms with Crippen molar-refractivity contribution in [2.24, 2.45) is 0 Å². The van der Waals surface area contributed by atoms with Crippen LogP contribution in [0.15, 0.2) is 36.7 Å². The molecule has 2 aromatic heterocycles. The third-order valence-corrected chi connectivity index (χ3v) is 4.26. The van der Waals surface area contributed by atoms with E-state index in [1.165, 1.54) is 25.4 Å². The van der Waals surface area contributed by atoms with E-state index >= 15 is 0 Å². The highest BCUT2D eigenvalue weighted by Crippen LogP contribution is 2.36. The number of nitrogens with one attached hydrogen (secondary N) is 1. The van der Waals surface area contributed by atoms with E-state index in [2.05, 4.69) is 25.4 Å². The van der Waals surface area contributed by atoms with Crippen LogP contribution in [0.25, 0.3) is 5.95 Å². The Morgan fingerprint density at radius 2 is 1.60 bits per heavy atom. The van der Waals surface area contributed by atoms with Crippen LogP contribution in [0.5, 0.6) is 6.01 Å². The number of benzene rings is 1. The molecular formula is C19H14F8N6O2. The van der Waals surface area contributed by atoms with E-state index in [1.54, 1.807) is 0 Å². The van der Waals surface area contributed by atoms with Crippen LogP contribution in [0, 0.1) is 0 Å². The number of hydrogen-bond acceptors (Lipinski definition) is 6. The lowest BCUT2D eigenvalue weighted by Gasteiger charge is -2.15. The third kappa shape index (κ3) is 6.39. The quantitative estimate of drug-likeness (QED) is 0.479. The van der Waals surface area contributed by atoms with Gasteiger partial charge >= 0.3 is 18.4 Å². The van der Waals surface area contributed by atoms with Gasteiger partial charge < -0.3 is 10.1 Å². The molecule has 0 aliphatic heterocycles. The molecule has 16 heteroatoms. The van der Waals surface area contributed by atoms with Gasteiger partial charge in [0, 0.05) is 18.0 Å². The second-order valence-electron chi connectivity index (χ2n) is 6.90. The van der Waals surface area contributed by atoms with Crippen LogP contribution in [0.3, 0.4) is 0 Å². The number of ether oxygens (including phenoxy) is 1. The van der Waals surface area contributed by atoms with Crippen molar-refractivity contribution in [2.75, 3.05) is 6.61 Å². The molecule has 0 fully saturated rings. The van der Waals surface area contributed by atoms with Crippen molar-refractivity contribution in [2.45, 2.75) is 31.7 Å². The minimum Gasteiger partial charge on any atom is -0.457 e. The molecule has 1 amide bonds. The average Bonchev–Trinajstić information content (AvgIpc) is 3.21. The van der Waals surface area contributed by atoms with Gasteiger partial charge in [0.15, 0.2) is 12.4 Å². The van der Waals surface area contributed by atoms with E-state index < -0.39 is 60.0 Å². The Labute approximate surface area is 191 Å². The summed E-state index contributed by atoms with van der Waals surface area (Å²) in [6.45, 7) is 0.189. The van der Waals surface area contributed by atoms with Crippen molar-refractivity contribution >= 4 is 5.91 Å².